The number of carboxylic acid groups (broad SMARTS) is 1. The first-order valence-corrected chi connectivity index (χ1v) is 16.3. The Balaban J connectivity index is 1.12. The standard InChI is InChI=1S/C37H38N8O7/c46-30-17-15-29(16-18-30)41-37-44-35(39-20-22-52-24-23-51-21-19-38-32(47)26-9-5-2-6-10-26)43-36(45-37)40-28-13-11-27(12-14-28)33(48)42-31(34(49)50)25-7-3-1-4-8-25/h1-18,31,46H,19-24H2,(H,38,47)(H,42,48)(H,49,50)(H3,39,40,41,43,44,45)/t31-/m1/s1. The first-order chi connectivity index (χ1) is 25.3. The molecule has 2 amide bonds. The van der Waals surface area contributed by atoms with Crippen molar-refractivity contribution in [1.29, 1.82) is 0 Å². The topological polar surface area (TPSA) is 209 Å². The summed E-state index contributed by atoms with van der Waals surface area (Å²) in [6, 6.07) is 29.0. The SMILES string of the molecule is O=C(NCCOCCOCCNc1nc(Nc2ccc(O)cc2)nc(Nc2ccc(C(=O)N[C@@H](C(=O)O)c3ccccc3)cc2)n1)c1ccccc1. The highest BCUT2D eigenvalue weighted by Gasteiger charge is 2.22. The lowest BCUT2D eigenvalue weighted by atomic mass is 10.1. The smallest absolute Gasteiger partial charge is 0.330 e. The minimum atomic E-state index is -1.20. The molecular formula is C37H38N8O7. The Bertz CT molecular complexity index is 1900. The van der Waals surface area contributed by atoms with Crippen molar-refractivity contribution < 1.29 is 34.1 Å². The van der Waals surface area contributed by atoms with E-state index in [9.17, 15) is 24.6 Å². The van der Waals surface area contributed by atoms with Crippen LogP contribution in [0.2, 0.25) is 0 Å². The second-order valence-corrected chi connectivity index (χ2v) is 11.1. The van der Waals surface area contributed by atoms with E-state index in [1.807, 2.05) is 18.2 Å². The van der Waals surface area contributed by atoms with Gasteiger partial charge in [0, 0.05) is 35.6 Å². The zero-order chi connectivity index (χ0) is 36.5. The van der Waals surface area contributed by atoms with E-state index >= 15 is 0 Å². The highest BCUT2D eigenvalue weighted by molar-refractivity contribution is 5.97. The summed E-state index contributed by atoms with van der Waals surface area (Å²) in [6.07, 6.45) is 0. The van der Waals surface area contributed by atoms with Crippen LogP contribution in [0.5, 0.6) is 5.75 Å². The number of hydrogen-bond donors (Lipinski definition) is 7. The van der Waals surface area contributed by atoms with Gasteiger partial charge < -0.3 is 46.3 Å². The molecule has 7 N–H and O–H groups in total. The number of benzene rings is 4. The van der Waals surface area contributed by atoms with Crippen LogP contribution < -0.4 is 26.6 Å². The average Bonchev–Trinajstić information content (AvgIpc) is 3.16. The number of hydrogen-bond acceptors (Lipinski definition) is 12. The third kappa shape index (κ3) is 11.5. The molecule has 52 heavy (non-hydrogen) atoms. The van der Waals surface area contributed by atoms with E-state index in [0.717, 1.165) is 0 Å². The van der Waals surface area contributed by atoms with Gasteiger partial charge in [-0.15, -0.1) is 0 Å². The minimum absolute atomic E-state index is 0.113. The molecule has 1 heterocycles. The van der Waals surface area contributed by atoms with Gasteiger partial charge in [0.1, 0.15) is 5.75 Å². The first kappa shape index (κ1) is 36.7. The van der Waals surface area contributed by atoms with E-state index in [0.29, 0.717) is 62.0 Å². The summed E-state index contributed by atoms with van der Waals surface area (Å²) in [5, 5.41) is 34.0. The van der Waals surface area contributed by atoms with E-state index < -0.39 is 17.9 Å². The lowest BCUT2D eigenvalue weighted by Gasteiger charge is -2.15. The maximum atomic E-state index is 12.9. The summed E-state index contributed by atoms with van der Waals surface area (Å²) in [7, 11) is 0. The van der Waals surface area contributed by atoms with Crippen molar-refractivity contribution in [1.82, 2.24) is 25.6 Å². The number of amides is 2. The minimum Gasteiger partial charge on any atom is -0.508 e. The molecule has 15 nitrogen and oxygen atoms in total. The Labute approximate surface area is 299 Å². The largest absolute Gasteiger partial charge is 0.508 e. The second kappa shape index (κ2) is 19.0. The van der Waals surface area contributed by atoms with E-state index in [2.05, 4.69) is 41.5 Å². The van der Waals surface area contributed by atoms with Crippen LogP contribution in [-0.4, -0.2) is 82.5 Å². The summed E-state index contributed by atoms with van der Waals surface area (Å²) in [5.74, 6) is -1.09. The maximum absolute atomic E-state index is 12.9. The molecule has 0 aliphatic rings. The van der Waals surface area contributed by atoms with E-state index in [1.165, 1.54) is 12.1 Å². The number of carbonyl (C=O) groups excluding carboxylic acids is 2. The van der Waals surface area contributed by atoms with Gasteiger partial charge in [0.2, 0.25) is 17.8 Å². The van der Waals surface area contributed by atoms with Crippen LogP contribution in [0.1, 0.15) is 32.3 Å². The van der Waals surface area contributed by atoms with Crippen LogP contribution in [0.15, 0.2) is 109 Å². The van der Waals surface area contributed by atoms with Crippen LogP contribution >= 0.6 is 0 Å². The van der Waals surface area contributed by atoms with Crippen molar-refractivity contribution in [2.75, 3.05) is 55.5 Å². The number of phenols is 1. The Morgan fingerprint density at radius 1 is 0.596 bits per heavy atom. The normalized spacial score (nSPS) is 11.2. The van der Waals surface area contributed by atoms with E-state index in [-0.39, 0.29) is 35.1 Å². The lowest BCUT2D eigenvalue weighted by molar-refractivity contribution is -0.139. The molecular weight excluding hydrogens is 668 g/mol. The number of ether oxygens (including phenoxy) is 2. The zero-order valence-corrected chi connectivity index (χ0v) is 28.0. The molecule has 0 unspecified atom stereocenters. The molecule has 268 valence electrons. The van der Waals surface area contributed by atoms with Crippen LogP contribution in [-0.2, 0) is 14.3 Å². The Kier molecular flexibility index (Phi) is 13.4. The van der Waals surface area contributed by atoms with Crippen molar-refractivity contribution in [3.8, 4) is 5.75 Å². The Morgan fingerprint density at radius 2 is 1.12 bits per heavy atom. The number of aromatic hydroxyl groups is 1. The molecule has 5 rings (SSSR count). The quantitative estimate of drug-likeness (QED) is 0.0467. The zero-order valence-electron chi connectivity index (χ0n) is 28.0. The van der Waals surface area contributed by atoms with Gasteiger partial charge in [-0.2, -0.15) is 15.0 Å². The van der Waals surface area contributed by atoms with Gasteiger partial charge in [-0.1, -0.05) is 48.5 Å². The van der Waals surface area contributed by atoms with Crippen molar-refractivity contribution in [2.24, 2.45) is 0 Å². The van der Waals surface area contributed by atoms with Gasteiger partial charge in [-0.05, 0) is 66.2 Å². The van der Waals surface area contributed by atoms with E-state index in [1.54, 1.807) is 78.9 Å². The molecule has 0 spiro atoms. The summed E-state index contributed by atoms with van der Waals surface area (Å²) < 4.78 is 11.2. The monoisotopic (exact) mass is 706 g/mol. The van der Waals surface area contributed by atoms with Crippen molar-refractivity contribution in [3.63, 3.8) is 0 Å². The summed E-state index contributed by atoms with van der Waals surface area (Å²) in [4.78, 5) is 50.1. The van der Waals surface area contributed by atoms with Gasteiger partial charge in [0.25, 0.3) is 11.8 Å². The first-order valence-electron chi connectivity index (χ1n) is 16.3. The Hall–Kier alpha value is -6.58. The highest BCUT2D eigenvalue weighted by Crippen LogP contribution is 2.21. The van der Waals surface area contributed by atoms with Crippen LogP contribution in [0.25, 0.3) is 0 Å². The molecule has 0 fully saturated rings. The number of carboxylic acids is 1. The number of rotatable bonds is 19. The number of aromatic nitrogens is 3. The van der Waals surface area contributed by atoms with Crippen LogP contribution in [0.3, 0.4) is 0 Å². The molecule has 4 aromatic carbocycles. The number of nitrogens with one attached hydrogen (secondary N) is 5. The third-order valence-corrected chi connectivity index (χ3v) is 7.29. The number of aliphatic carboxylic acids is 1. The number of nitrogens with zero attached hydrogens (tertiary/aromatic N) is 3. The predicted molar refractivity (Wildman–Crippen MR) is 194 cm³/mol. The highest BCUT2D eigenvalue weighted by atomic mass is 16.5. The number of phenolic OH excluding ortho intramolecular Hbond substituents is 1. The summed E-state index contributed by atoms with van der Waals surface area (Å²) in [5.41, 5.74) is 2.51. The van der Waals surface area contributed by atoms with Gasteiger partial charge in [0.05, 0.1) is 26.4 Å². The number of anilines is 5. The number of carbonyl (C=O) groups is 3. The summed E-state index contributed by atoms with van der Waals surface area (Å²) in [6.45, 7) is 2.15. The summed E-state index contributed by atoms with van der Waals surface area (Å²) >= 11 is 0. The fourth-order valence-corrected chi connectivity index (χ4v) is 4.71. The fourth-order valence-electron chi connectivity index (χ4n) is 4.71. The van der Waals surface area contributed by atoms with Gasteiger partial charge in [-0.3, -0.25) is 9.59 Å². The van der Waals surface area contributed by atoms with Gasteiger partial charge >= 0.3 is 5.97 Å². The molecule has 1 aromatic heterocycles. The van der Waals surface area contributed by atoms with E-state index in [4.69, 9.17) is 9.47 Å². The molecule has 0 saturated heterocycles. The lowest BCUT2D eigenvalue weighted by Crippen LogP contribution is -2.33. The average molecular weight is 707 g/mol. The molecule has 1 atom stereocenters. The molecule has 0 saturated carbocycles. The van der Waals surface area contributed by atoms with Gasteiger partial charge in [0.15, 0.2) is 6.04 Å². The molecule has 15 heteroatoms. The molecule has 5 aromatic rings. The molecule has 0 bridgehead atoms. The second-order valence-electron chi connectivity index (χ2n) is 11.1. The molecule has 0 radical (unpaired) electrons. The predicted octanol–water partition coefficient (Wildman–Crippen LogP) is 4.50. The maximum Gasteiger partial charge on any atom is 0.330 e. The molecule has 0 aliphatic heterocycles. The molecule has 0 aliphatic carbocycles. The van der Waals surface area contributed by atoms with Crippen molar-refractivity contribution in [2.45, 2.75) is 6.04 Å². The van der Waals surface area contributed by atoms with Crippen LogP contribution in [0, 0.1) is 0 Å². The van der Waals surface area contributed by atoms with Crippen LogP contribution in [0.4, 0.5) is 29.2 Å². The fraction of sp³-hybridized carbons (Fsp3) is 0.189. The van der Waals surface area contributed by atoms with Crippen molar-refractivity contribution >= 4 is 47.0 Å². The van der Waals surface area contributed by atoms with Gasteiger partial charge in [-0.25, -0.2) is 4.79 Å². The third-order valence-electron chi connectivity index (χ3n) is 7.29. The van der Waals surface area contributed by atoms with Crippen molar-refractivity contribution in [3.05, 3.63) is 126 Å². The Morgan fingerprint density at radius 3 is 1.71 bits per heavy atom.